The number of anilines is 2. The lowest BCUT2D eigenvalue weighted by Crippen LogP contribution is -2.30. The molecule has 2 aromatic heterocycles. The number of hydrogen-bond acceptors (Lipinski definition) is 5. The fourth-order valence-electron chi connectivity index (χ4n) is 2.10. The molecule has 3 heterocycles. The van der Waals surface area contributed by atoms with E-state index in [9.17, 15) is 0 Å². The summed E-state index contributed by atoms with van der Waals surface area (Å²) in [6.07, 6.45) is 7.51. The standard InChI is InChI=1S/C11H15N5O/c12-9-6-16-4-3-13-11(16)10(15-9)14-8-2-1-5-17-7-8/h3-4,6,8H,1-2,5,7,12H2,(H,14,15). The molecule has 90 valence electrons. The van der Waals surface area contributed by atoms with E-state index in [1.54, 1.807) is 12.4 Å². The monoisotopic (exact) mass is 233 g/mol. The molecule has 0 amide bonds. The predicted molar refractivity (Wildman–Crippen MR) is 64.9 cm³/mol. The highest BCUT2D eigenvalue weighted by Gasteiger charge is 2.16. The average molecular weight is 233 g/mol. The number of nitrogens with zero attached hydrogens (tertiary/aromatic N) is 3. The normalized spacial score (nSPS) is 20.6. The number of ether oxygens (including phenoxy) is 1. The number of nitrogens with one attached hydrogen (secondary N) is 1. The molecule has 1 atom stereocenters. The van der Waals surface area contributed by atoms with E-state index in [1.165, 1.54) is 0 Å². The summed E-state index contributed by atoms with van der Waals surface area (Å²) in [7, 11) is 0. The van der Waals surface area contributed by atoms with Crippen molar-refractivity contribution in [3.8, 4) is 0 Å². The minimum atomic E-state index is 0.290. The van der Waals surface area contributed by atoms with Crippen LogP contribution >= 0.6 is 0 Å². The summed E-state index contributed by atoms with van der Waals surface area (Å²) in [6, 6.07) is 0.290. The van der Waals surface area contributed by atoms with Crippen molar-refractivity contribution >= 4 is 17.3 Å². The Morgan fingerprint density at radius 3 is 3.29 bits per heavy atom. The number of hydrogen-bond donors (Lipinski definition) is 2. The van der Waals surface area contributed by atoms with Crippen LogP contribution in [0, 0.1) is 0 Å². The second-order valence-corrected chi connectivity index (χ2v) is 4.23. The zero-order chi connectivity index (χ0) is 11.7. The van der Waals surface area contributed by atoms with Gasteiger partial charge in [-0.25, -0.2) is 9.97 Å². The van der Waals surface area contributed by atoms with Gasteiger partial charge in [-0.2, -0.15) is 0 Å². The van der Waals surface area contributed by atoms with Crippen molar-refractivity contribution < 1.29 is 4.74 Å². The van der Waals surface area contributed by atoms with Gasteiger partial charge >= 0.3 is 0 Å². The molecular formula is C11H15N5O. The molecule has 6 heteroatoms. The number of rotatable bonds is 2. The fraction of sp³-hybridized carbons (Fsp3) is 0.455. The second-order valence-electron chi connectivity index (χ2n) is 4.23. The molecule has 3 rings (SSSR count). The highest BCUT2D eigenvalue weighted by Crippen LogP contribution is 2.18. The molecule has 1 fully saturated rings. The van der Waals surface area contributed by atoms with Crippen molar-refractivity contribution in [3.05, 3.63) is 18.6 Å². The maximum atomic E-state index is 5.76. The van der Waals surface area contributed by atoms with Gasteiger partial charge in [-0.05, 0) is 12.8 Å². The zero-order valence-electron chi connectivity index (χ0n) is 9.47. The van der Waals surface area contributed by atoms with Crippen LogP contribution in [0.5, 0.6) is 0 Å². The van der Waals surface area contributed by atoms with E-state index in [4.69, 9.17) is 10.5 Å². The maximum Gasteiger partial charge on any atom is 0.180 e. The first-order valence-electron chi connectivity index (χ1n) is 5.76. The van der Waals surface area contributed by atoms with Gasteiger partial charge in [0.05, 0.1) is 18.8 Å². The average Bonchev–Trinajstić information content (AvgIpc) is 2.78. The van der Waals surface area contributed by atoms with E-state index in [1.807, 2.05) is 10.6 Å². The van der Waals surface area contributed by atoms with Gasteiger partial charge in [-0.3, -0.25) is 0 Å². The molecular weight excluding hydrogens is 218 g/mol. The van der Waals surface area contributed by atoms with E-state index in [-0.39, 0.29) is 0 Å². The molecule has 0 aromatic carbocycles. The Hall–Kier alpha value is -1.82. The van der Waals surface area contributed by atoms with Crippen molar-refractivity contribution in [1.82, 2.24) is 14.4 Å². The summed E-state index contributed by atoms with van der Waals surface area (Å²) in [5, 5.41) is 3.35. The summed E-state index contributed by atoms with van der Waals surface area (Å²) in [6.45, 7) is 1.56. The molecule has 1 unspecified atom stereocenters. The van der Waals surface area contributed by atoms with Gasteiger partial charge < -0.3 is 20.2 Å². The smallest absolute Gasteiger partial charge is 0.180 e. The van der Waals surface area contributed by atoms with Gasteiger partial charge in [0.25, 0.3) is 0 Å². The van der Waals surface area contributed by atoms with Crippen LogP contribution in [-0.4, -0.2) is 33.6 Å². The largest absolute Gasteiger partial charge is 0.382 e. The number of fused-ring (bicyclic) bond motifs is 1. The van der Waals surface area contributed by atoms with Crippen LogP contribution in [0.3, 0.4) is 0 Å². The molecule has 0 radical (unpaired) electrons. The Bertz CT molecular complexity index is 518. The summed E-state index contributed by atoms with van der Waals surface area (Å²) in [5.74, 6) is 1.21. The van der Waals surface area contributed by atoms with Crippen molar-refractivity contribution in [1.29, 1.82) is 0 Å². The van der Waals surface area contributed by atoms with E-state index >= 15 is 0 Å². The molecule has 6 nitrogen and oxygen atoms in total. The quantitative estimate of drug-likeness (QED) is 0.806. The van der Waals surface area contributed by atoms with E-state index in [2.05, 4.69) is 15.3 Å². The van der Waals surface area contributed by atoms with Crippen LogP contribution in [0.2, 0.25) is 0 Å². The predicted octanol–water partition coefficient (Wildman–Crippen LogP) is 0.902. The van der Waals surface area contributed by atoms with Gasteiger partial charge in [-0.15, -0.1) is 0 Å². The van der Waals surface area contributed by atoms with Crippen molar-refractivity contribution in [2.75, 3.05) is 24.3 Å². The van der Waals surface area contributed by atoms with Crippen molar-refractivity contribution in [2.24, 2.45) is 0 Å². The third kappa shape index (κ3) is 2.03. The third-order valence-corrected chi connectivity index (χ3v) is 2.89. The molecule has 0 bridgehead atoms. The molecule has 3 N–H and O–H groups in total. The van der Waals surface area contributed by atoms with Crippen LogP contribution < -0.4 is 11.1 Å². The van der Waals surface area contributed by atoms with Crippen molar-refractivity contribution in [2.45, 2.75) is 18.9 Å². The lowest BCUT2D eigenvalue weighted by Gasteiger charge is -2.23. The van der Waals surface area contributed by atoms with Crippen LogP contribution in [-0.2, 0) is 4.74 Å². The first-order valence-corrected chi connectivity index (χ1v) is 5.76. The van der Waals surface area contributed by atoms with Gasteiger partial charge in [0.15, 0.2) is 11.5 Å². The fourth-order valence-corrected chi connectivity index (χ4v) is 2.10. The number of nitrogen functional groups attached to an aromatic ring is 1. The molecule has 1 aliphatic heterocycles. The molecule has 0 spiro atoms. The van der Waals surface area contributed by atoms with Crippen LogP contribution in [0.15, 0.2) is 18.6 Å². The molecule has 0 saturated carbocycles. The topological polar surface area (TPSA) is 77.5 Å². The minimum absolute atomic E-state index is 0.290. The van der Waals surface area contributed by atoms with Gasteiger partial charge in [0, 0.05) is 19.0 Å². The van der Waals surface area contributed by atoms with E-state index < -0.39 is 0 Å². The third-order valence-electron chi connectivity index (χ3n) is 2.89. The Balaban J connectivity index is 1.90. The maximum absolute atomic E-state index is 5.76. The Morgan fingerprint density at radius 1 is 1.53 bits per heavy atom. The van der Waals surface area contributed by atoms with Crippen LogP contribution in [0.25, 0.3) is 5.65 Å². The number of nitrogens with two attached hydrogens (primary N) is 1. The molecule has 1 saturated heterocycles. The van der Waals surface area contributed by atoms with Crippen LogP contribution in [0.4, 0.5) is 11.6 Å². The number of aromatic nitrogens is 3. The molecule has 17 heavy (non-hydrogen) atoms. The molecule has 2 aromatic rings. The Kier molecular flexibility index (Phi) is 2.56. The summed E-state index contributed by atoms with van der Waals surface area (Å²) < 4.78 is 7.30. The van der Waals surface area contributed by atoms with Gasteiger partial charge in [0.2, 0.25) is 0 Å². The minimum Gasteiger partial charge on any atom is -0.382 e. The molecule has 1 aliphatic rings. The highest BCUT2D eigenvalue weighted by atomic mass is 16.5. The molecule has 0 aliphatic carbocycles. The number of imidazole rings is 1. The lowest BCUT2D eigenvalue weighted by molar-refractivity contribution is 0.0875. The lowest BCUT2D eigenvalue weighted by atomic mass is 10.1. The SMILES string of the molecule is Nc1cn2ccnc2c(NC2CCCOC2)n1. The first-order chi connectivity index (χ1) is 8.33. The van der Waals surface area contributed by atoms with Crippen LogP contribution in [0.1, 0.15) is 12.8 Å². The first kappa shape index (κ1) is 10.3. The highest BCUT2D eigenvalue weighted by molar-refractivity contribution is 5.65. The van der Waals surface area contributed by atoms with E-state index in [0.29, 0.717) is 18.5 Å². The summed E-state index contributed by atoms with van der Waals surface area (Å²) in [5.41, 5.74) is 6.55. The summed E-state index contributed by atoms with van der Waals surface area (Å²) in [4.78, 5) is 8.56. The Morgan fingerprint density at radius 2 is 2.47 bits per heavy atom. The van der Waals surface area contributed by atoms with E-state index in [0.717, 1.165) is 30.9 Å². The van der Waals surface area contributed by atoms with Gasteiger partial charge in [-0.1, -0.05) is 0 Å². The summed E-state index contributed by atoms with van der Waals surface area (Å²) >= 11 is 0. The van der Waals surface area contributed by atoms with Crippen molar-refractivity contribution in [3.63, 3.8) is 0 Å². The van der Waals surface area contributed by atoms with Gasteiger partial charge in [0.1, 0.15) is 5.82 Å². The Labute approximate surface area is 98.8 Å². The zero-order valence-corrected chi connectivity index (χ0v) is 9.47. The second kappa shape index (κ2) is 4.21.